The van der Waals surface area contributed by atoms with Gasteiger partial charge in [-0.1, -0.05) is 99.1 Å². The zero-order valence-corrected chi connectivity index (χ0v) is 23.3. The van der Waals surface area contributed by atoms with Crippen molar-refractivity contribution < 1.29 is 9.53 Å². The normalized spacial score (nSPS) is 11.9. The summed E-state index contributed by atoms with van der Waals surface area (Å²) in [5, 5.41) is 11.2. The highest BCUT2D eigenvalue weighted by atomic mass is 35.5. The van der Waals surface area contributed by atoms with Crippen LogP contribution in [0.15, 0.2) is 91.0 Å². The van der Waals surface area contributed by atoms with Crippen molar-refractivity contribution in [2.24, 2.45) is 0 Å². The number of hydrogen-bond donors (Lipinski definition) is 1. The van der Waals surface area contributed by atoms with Gasteiger partial charge in [0.15, 0.2) is 0 Å². The smallest absolute Gasteiger partial charge is 0.338 e. The molecule has 6 aromatic rings. The van der Waals surface area contributed by atoms with E-state index >= 15 is 0 Å². The van der Waals surface area contributed by atoms with E-state index in [1.54, 1.807) is 0 Å². The third-order valence-corrected chi connectivity index (χ3v) is 7.79. The highest BCUT2D eigenvalue weighted by molar-refractivity contribution is 6.33. The molecule has 194 valence electrons. The van der Waals surface area contributed by atoms with E-state index in [0.29, 0.717) is 17.2 Å². The lowest BCUT2D eigenvalue weighted by atomic mass is 9.87. The predicted molar refractivity (Wildman–Crippen MR) is 165 cm³/mol. The highest BCUT2D eigenvalue weighted by Crippen LogP contribution is 2.43. The lowest BCUT2D eigenvalue weighted by Gasteiger charge is -2.21. The van der Waals surface area contributed by atoms with Crippen LogP contribution >= 0.6 is 11.6 Å². The van der Waals surface area contributed by atoms with Crippen LogP contribution < -0.4 is 5.32 Å². The Bertz CT molecular complexity index is 1870. The summed E-state index contributed by atoms with van der Waals surface area (Å²) in [6.45, 7) is 8.73. The van der Waals surface area contributed by atoms with Gasteiger partial charge in [-0.05, 0) is 80.2 Å². The van der Waals surface area contributed by atoms with Gasteiger partial charge < -0.3 is 10.1 Å². The van der Waals surface area contributed by atoms with Crippen LogP contribution in [0, 0.1) is 0 Å². The summed E-state index contributed by atoms with van der Waals surface area (Å²) in [6.07, 6.45) is 0. The predicted octanol–water partition coefficient (Wildman–Crippen LogP) is 10.1. The second kappa shape index (κ2) is 9.59. The summed E-state index contributed by atoms with van der Waals surface area (Å²) in [6, 6.07) is 31.1. The largest absolute Gasteiger partial charge is 0.462 e. The van der Waals surface area contributed by atoms with Gasteiger partial charge in [0, 0.05) is 11.1 Å². The maximum Gasteiger partial charge on any atom is 0.338 e. The van der Waals surface area contributed by atoms with Gasteiger partial charge >= 0.3 is 5.97 Å². The SMILES string of the molecule is CCOC(=O)c1ccccc1-c1ccc2ccc3c(Nc4ccc(C(C)(C)C)cc4Cl)ccc4ccc1c2c43. The van der Waals surface area contributed by atoms with E-state index in [4.69, 9.17) is 16.3 Å². The standard InChI is InChI=1S/C35H30ClNO2/c1-5-39-34(38)27-9-7-6-8-24(27)25-15-10-21-12-17-28-30(18-13-22-11-16-26(25)32(21)33(22)28)37-31-19-14-23(20-29(31)36)35(2,3)4/h6-20,37H,5H2,1-4H3. The molecule has 0 unspecified atom stereocenters. The van der Waals surface area contributed by atoms with Crippen LogP contribution in [0.25, 0.3) is 43.4 Å². The van der Waals surface area contributed by atoms with Crippen molar-refractivity contribution in [3.63, 3.8) is 0 Å². The molecule has 0 bridgehead atoms. The van der Waals surface area contributed by atoms with Crippen LogP contribution in [-0.4, -0.2) is 12.6 Å². The number of carbonyl (C=O) groups is 1. The molecule has 0 aliphatic heterocycles. The van der Waals surface area contributed by atoms with E-state index in [1.165, 1.54) is 21.7 Å². The van der Waals surface area contributed by atoms with Gasteiger partial charge in [0.25, 0.3) is 0 Å². The van der Waals surface area contributed by atoms with E-state index in [9.17, 15) is 4.79 Å². The van der Waals surface area contributed by atoms with Crippen LogP contribution in [0.1, 0.15) is 43.6 Å². The summed E-state index contributed by atoms with van der Waals surface area (Å²) >= 11 is 6.74. The zero-order valence-electron chi connectivity index (χ0n) is 22.6. The van der Waals surface area contributed by atoms with Gasteiger partial charge in [-0.2, -0.15) is 0 Å². The first-order chi connectivity index (χ1) is 18.8. The molecule has 0 amide bonds. The van der Waals surface area contributed by atoms with Crippen molar-refractivity contribution in [1.82, 2.24) is 0 Å². The maximum absolute atomic E-state index is 12.8. The molecule has 0 radical (unpaired) electrons. The molecule has 0 heterocycles. The minimum atomic E-state index is -0.306. The second-order valence-electron chi connectivity index (χ2n) is 11.0. The molecule has 0 saturated carbocycles. The molecule has 0 aromatic heterocycles. The minimum absolute atomic E-state index is 0.0266. The van der Waals surface area contributed by atoms with Crippen molar-refractivity contribution in [2.45, 2.75) is 33.1 Å². The first kappa shape index (κ1) is 25.2. The fourth-order valence-corrected chi connectivity index (χ4v) is 5.71. The summed E-state index contributed by atoms with van der Waals surface area (Å²) in [5.41, 5.74) is 5.56. The molecule has 0 spiro atoms. The molecule has 0 fully saturated rings. The molecule has 3 nitrogen and oxygen atoms in total. The molecule has 0 aliphatic rings. The third kappa shape index (κ3) is 4.37. The van der Waals surface area contributed by atoms with Crippen LogP contribution in [0.4, 0.5) is 11.4 Å². The van der Waals surface area contributed by atoms with Crippen LogP contribution in [-0.2, 0) is 10.2 Å². The Labute approximate surface area is 233 Å². The van der Waals surface area contributed by atoms with Crippen molar-refractivity contribution in [1.29, 1.82) is 0 Å². The number of rotatable bonds is 5. The van der Waals surface area contributed by atoms with Crippen molar-refractivity contribution in [3.8, 4) is 11.1 Å². The average Bonchev–Trinajstić information content (AvgIpc) is 2.93. The topological polar surface area (TPSA) is 38.3 Å². The Hall–Kier alpha value is -4.08. The van der Waals surface area contributed by atoms with Gasteiger partial charge in [-0.15, -0.1) is 0 Å². The Morgan fingerprint density at radius 1 is 0.769 bits per heavy atom. The molecule has 0 aliphatic carbocycles. The van der Waals surface area contributed by atoms with E-state index in [1.807, 2.05) is 37.3 Å². The van der Waals surface area contributed by atoms with Gasteiger partial charge in [-0.3, -0.25) is 0 Å². The van der Waals surface area contributed by atoms with Crippen LogP contribution in [0.3, 0.4) is 0 Å². The number of nitrogens with one attached hydrogen (secondary N) is 1. The molecule has 6 aromatic carbocycles. The van der Waals surface area contributed by atoms with Gasteiger partial charge in [0.2, 0.25) is 0 Å². The summed E-state index contributed by atoms with van der Waals surface area (Å²) in [7, 11) is 0. The summed E-state index contributed by atoms with van der Waals surface area (Å²) in [5.74, 6) is -0.306. The van der Waals surface area contributed by atoms with Crippen molar-refractivity contribution in [3.05, 3.63) is 107 Å². The first-order valence-corrected chi connectivity index (χ1v) is 13.7. The number of esters is 1. The average molecular weight is 532 g/mol. The number of carbonyl (C=O) groups excluding carboxylic acids is 1. The maximum atomic E-state index is 12.8. The number of anilines is 2. The van der Waals surface area contributed by atoms with Crippen LogP contribution in [0.5, 0.6) is 0 Å². The Morgan fingerprint density at radius 3 is 2.13 bits per heavy atom. The molecule has 4 heteroatoms. The Balaban J connectivity index is 1.53. The van der Waals surface area contributed by atoms with E-state index in [2.05, 4.69) is 86.8 Å². The Kier molecular flexibility index (Phi) is 6.20. The minimum Gasteiger partial charge on any atom is -0.462 e. The molecule has 0 atom stereocenters. The fourth-order valence-electron chi connectivity index (χ4n) is 5.48. The summed E-state index contributed by atoms with van der Waals surface area (Å²) in [4.78, 5) is 12.8. The molecule has 0 saturated heterocycles. The summed E-state index contributed by atoms with van der Waals surface area (Å²) < 4.78 is 5.37. The fraction of sp³-hybridized carbons (Fsp3) is 0.171. The zero-order chi connectivity index (χ0) is 27.3. The highest BCUT2D eigenvalue weighted by Gasteiger charge is 2.19. The molecule has 6 rings (SSSR count). The van der Waals surface area contributed by atoms with Crippen LogP contribution in [0.2, 0.25) is 5.02 Å². The van der Waals surface area contributed by atoms with Crippen molar-refractivity contribution in [2.75, 3.05) is 11.9 Å². The van der Waals surface area contributed by atoms with Crippen molar-refractivity contribution >= 4 is 61.3 Å². The molecular formula is C35H30ClNO2. The lowest BCUT2D eigenvalue weighted by molar-refractivity contribution is 0.0527. The quantitative estimate of drug-likeness (QED) is 0.177. The lowest BCUT2D eigenvalue weighted by Crippen LogP contribution is -2.11. The van der Waals surface area contributed by atoms with Gasteiger partial charge in [0.1, 0.15) is 0 Å². The molecular weight excluding hydrogens is 502 g/mol. The van der Waals surface area contributed by atoms with Gasteiger partial charge in [-0.25, -0.2) is 4.79 Å². The van der Waals surface area contributed by atoms with E-state index in [-0.39, 0.29) is 11.4 Å². The number of halogens is 1. The third-order valence-electron chi connectivity index (χ3n) is 7.48. The first-order valence-electron chi connectivity index (χ1n) is 13.3. The molecule has 39 heavy (non-hydrogen) atoms. The van der Waals surface area contributed by atoms with E-state index < -0.39 is 0 Å². The number of ether oxygens (including phenoxy) is 1. The van der Waals surface area contributed by atoms with E-state index in [0.717, 1.165) is 38.7 Å². The number of benzene rings is 6. The number of hydrogen-bond acceptors (Lipinski definition) is 3. The van der Waals surface area contributed by atoms with Gasteiger partial charge in [0.05, 0.1) is 22.9 Å². The second-order valence-corrected chi connectivity index (χ2v) is 11.4. The monoisotopic (exact) mass is 531 g/mol. The molecule has 1 N–H and O–H groups in total. The Morgan fingerprint density at radius 2 is 1.41 bits per heavy atom.